The van der Waals surface area contributed by atoms with Gasteiger partial charge in [0.2, 0.25) is 5.91 Å². The minimum absolute atomic E-state index is 0.104. The quantitative estimate of drug-likeness (QED) is 0.645. The van der Waals surface area contributed by atoms with Gasteiger partial charge in [0.15, 0.2) is 5.82 Å². The summed E-state index contributed by atoms with van der Waals surface area (Å²) in [5.74, 6) is 1.03. The lowest BCUT2D eigenvalue weighted by Crippen LogP contribution is -2.31. The molecule has 0 spiro atoms. The largest absolute Gasteiger partial charge is 0.465 e. The number of carbonyl (C=O) groups is 2. The van der Waals surface area contributed by atoms with E-state index < -0.39 is 0 Å². The maximum atomic E-state index is 12.4. The number of anilines is 1. The molecule has 2 aromatic rings. The molecular formula is C15H13N3O4S2. The fourth-order valence-electron chi connectivity index (χ4n) is 2.04. The molecule has 2 amide bonds. The van der Waals surface area contributed by atoms with E-state index in [2.05, 4.69) is 10.5 Å². The maximum Gasteiger partial charge on any atom is 0.266 e. The Bertz CT molecular complexity index is 811. The second kappa shape index (κ2) is 7.02. The van der Waals surface area contributed by atoms with E-state index in [4.69, 9.17) is 21.2 Å². The highest BCUT2D eigenvalue weighted by molar-refractivity contribution is 8.26. The van der Waals surface area contributed by atoms with Gasteiger partial charge in [0.1, 0.15) is 15.8 Å². The predicted octanol–water partition coefficient (Wildman–Crippen LogP) is 2.81. The highest BCUT2D eigenvalue weighted by atomic mass is 32.2. The maximum absolute atomic E-state index is 12.4. The van der Waals surface area contributed by atoms with Crippen molar-refractivity contribution < 1.29 is 18.5 Å². The average molecular weight is 363 g/mol. The van der Waals surface area contributed by atoms with Crippen molar-refractivity contribution in [2.45, 2.75) is 13.3 Å². The average Bonchev–Trinajstić information content (AvgIpc) is 3.23. The molecule has 1 saturated heterocycles. The number of aromatic nitrogens is 1. The van der Waals surface area contributed by atoms with Crippen molar-refractivity contribution in [3.05, 3.63) is 40.9 Å². The number of rotatable bonds is 5. The van der Waals surface area contributed by atoms with Crippen LogP contribution in [0.15, 0.2) is 38.3 Å². The smallest absolute Gasteiger partial charge is 0.266 e. The summed E-state index contributed by atoms with van der Waals surface area (Å²) >= 11 is 6.40. The van der Waals surface area contributed by atoms with Gasteiger partial charge >= 0.3 is 0 Å². The first kappa shape index (κ1) is 16.5. The minimum atomic E-state index is -0.271. The number of thioether (sulfide) groups is 1. The lowest BCUT2D eigenvalue weighted by atomic mass is 10.3. The Balaban J connectivity index is 1.58. The van der Waals surface area contributed by atoms with E-state index in [0.29, 0.717) is 26.6 Å². The number of carbonyl (C=O) groups excluding carboxylic acids is 2. The third-order valence-corrected chi connectivity index (χ3v) is 4.53. The molecule has 124 valence electrons. The lowest BCUT2D eigenvalue weighted by molar-refractivity contribution is -0.122. The molecule has 0 unspecified atom stereocenters. The molecule has 9 heteroatoms. The number of nitrogens with zero attached hydrogens (tertiary/aromatic N) is 2. The van der Waals surface area contributed by atoms with Gasteiger partial charge in [-0.05, 0) is 19.1 Å². The van der Waals surface area contributed by atoms with E-state index in [1.165, 1.54) is 22.9 Å². The molecule has 0 bridgehead atoms. The molecule has 3 heterocycles. The van der Waals surface area contributed by atoms with Crippen LogP contribution < -0.4 is 5.32 Å². The fraction of sp³-hybridized carbons (Fsp3) is 0.200. The van der Waals surface area contributed by atoms with Gasteiger partial charge in [0.25, 0.3) is 5.91 Å². The van der Waals surface area contributed by atoms with Crippen LogP contribution in [0.5, 0.6) is 0 Å². The molecule has 1 N–H and O–H groups in total. The Hall–Kier alpha value is -2.39. The van der Waals surface area contributed by atoms with Gasteiger partial charge in [-0.15, -0.1) is 0 Å². The summed E-state index contributed by atoms with van der Waals surface area (Å²) in [6.07, 6.45) is 3.27. The van der Waals surface area contributed by atoms with Crippen LogP contribution in [0.25, 0.3) is 6.08 Å². The minimum Gasteiger partial charge on any atom is -0.465 e. The Kier molecular flexibility index (Phi) is 4.81. The van der Waals surface area contributed by atoms with Gasteiger partial charge in [-0.3, -0.25) is 14.5 Å². The summed E-state index contributed by atoms with van der Waals surface area (Å²) < 4.78 is 10.5. The summed E-state index contributed by atoms with van der Waals surface area (Å²) in [6.45, 7) is 1.93. The zero-order valence-corrected chi connectivity index (χ0v) is 14.3. The molecule has 7 nitrogen and oxygen atoms in total. The number of hydrogen-bond acceptors (Lipinski definition) is 7. The van der Waals surface area contributed by atoms with Gasteiger partial charge < -0.3 is 14.3 Å². The van der Waals surface area contributed by atoms with Crippen LogP contribution in [-0.2, 0) is 9.59 Å². The number of hydrogen-bond donors (Lipinski definition) is 1. The summed E-state index contributed by atoms with van der Waals surface area (Å²) in [5, 5.41) is 6.28. The zero-order chi connectivity index (χ0) is 17.1. The van der Waals surface area contributed by atoms with Gasteiger partial charge in [0.05, 0.1) is 11.2 Å². The van der Waals surface area contributed by atoms with Crippen molar-refractivity contribution in [2.24, 2.45) is 0 Å². The van der Waals surface area contributed by atoms with Gasteiger partial charge in [0, 0.05) is 25.1 Å². The summed E-state index contributed by atoms with van der Waals surface area (Å²) in [4.78, 5) is 26.2. The van der Waals surface area contributed by atoms with Gasteiger partial charge in [-0.1, -0.05) is 29.1 Å². The molecule has 24 heavy (non-hydrogen) atoms. The highest BCUT2D eigenvalue weighted by Gasteiger charge is 2.32. The van der Waals surface area contributed by atoms with Gasteiger partial charge in [-0.25, -0.2) is 0 Å². The van der Waals surface area contributed by atoms with E-state index in [-0.39, 0.29) is 24.8 Å². The molecule has 1 aliphatic heterocycles. The number of thiocarbonyl (C=S) groups is 1. The Morgan fingerprint density at radius 1 is 1.54 bits per heavy atom. The number of furan rings is 1. The highest BCUT2D eigenvalue weighted by Crippen LogP contribution is 2.32. The molecule has 0 aromatic carbocycles. The first-order valence-corrected chi connectivity index (χ1v) is 8.27. The lowest BCUT2D eigenvalue weighted by Gasteiger charge is -2.13. The predicted molar refractivity (Wildman–Crippen MR) is 93.1 cm³/mol. The molecule has 0 saturated carbocycles. The van der Waals surface area contributed by atoms with Crippen LogP contribution in [-0.4, -0.2) is 32.7 Å². The van der Waals surface area contributed by atoms with Crippen molar-refractivity contribution in [1.82, 2.24) is 10.1 Å². The molecular weight excluding hydrogens is 350 g/mol. The van der Waals surface area contributed by atoms with E-state index in [1.54, 1.807) is 31.2 Å². The van der Waals surface area contributed by atoms with Gasteiger partial charge in [-0.2, -0.15) is 0 Å². The SMILES string of the molecule is Cc1cc(NC(=O)CCN2C(=O)/C(=C\c3ccco3)SC2=S)no1. The second-order valence-electron chi connectivity index (χ2n) is 4.97. The monoisotopic (exact) mass is 363 g/mol. The van der Waals surface area contributed by atoms with Crippen LogP contribution in [0.3, 0.4) is 0 Å². The number of nitrogens with one attached hydrogen (secondary N) is 1. The topological polar surface area (TPSA) is 88.6 Å². The second-order valence-corrected chi connectivity index (χ2v) is 6.65. The zero-order valence-electron chi connectivity index (χ0n) is 12.6. The van der Waals surface area contributed by atoms with E-state index >= 15 is 0 Å². The summed E-state index contributed by atoms with van der Waals surface area (Å²) in [6, 6.07) is 5.10. The van der Waals surface area contributed by atoms with Crippen molar-refractivity contribution in [3.8, 4) is 0 Å². The summed E-state index contributed by atoms with van der Waals surface area (Å²) in [7, 11) is 0. The summed E-state index contributed by atoms with van der Waals surface area (Å²) in [5.41, 5.74) is 0. The molecule has 0 radical (unpaired) electrons. The van der Waals surface area contributed by atoms with Crippen LogP contribution >= 0.6 is 24.0 Å². The third kappa shape index (κ3) is 3.74. The van der Waals surface area contributed by atoms with Crippen LogP contribution in [0.1, 0.15) is 17.9 Å². The Morgan fingerprint density at radius 3 is 3.04 bits per heavy atom. The first-order valence-electron chi connectivity index (χ1n) is 7.05. The van der Waals surface area contributed by atoms with Crippen molar-refractivity contribution in [1.29, 1.82) is 0 Å². The molecule has 3 rings (SSSR count). The van der Waals surface area contributed by atoms with Crippen LogP contribution in [0.2, 0.25) is 0 Å². The normalized spacial score (nSPS) is 16.2. The molecule has 2 aromatic heterocycles. The van der Waals surface area contributed by atoms with Crippen molar-refractivity contribution >= 4 is 52.0 Å². The Labute approximate surface area is 147 Å². The molecule has 1 aliphatic rings. The van der Waals surface area contributed by atoms with E-state index in [1.807, 2.05) is 0 Å². The van der Waals surface area contributed by atoms with Crippen LogP contribution in [0, 0.1) is 6.92 Å². The van der Waals surface area contributed by atoms with Crippen molar-refractivity contribution in [3.63, 3.8) is 0 Å². The molecule has 0 aliphatic carbocycles. The molecule has 1 fully saturated rings. The number of amides is 2. The molecule has 0 atom stereocenters. The Morgan fingerprint density at radius 2 is 2.38 bits per heavy atom. The first-order chi connectivity index (χ1) is 11.5. The standard InChI is InChI=1S/C15H13N3O4S2/c1-9-7-12(17-22-9)16-13(19)4-5-18-14(20)11(24-15(18)23)8-10-3-2-6-21-10/h2-3,6-8H,4-5H2,1H3,(H,16,17,19)/b11-8+. The van der Waals surface area contributed by atoms with E-state index in [9.17, 15) is 9.59 Å². The van der Waals surface area contributed by atoms with E-state index in [0.717, 1.165) is 0 Å². The third-order valence-electron chi connectivity index (χ3n) is 3.15. The van der Waals surface area contributed by atoms with Crippen LogP contribution in [0.4, 0.5) is 5.82 Å². The fourth-order valence-corrected chi connectivity index (χ4v) is 3.33. The van der Waals surface area contributed by atoms with Crippen molar-refractivity contribution in [2.75, 3.05) is 11.9 Å². The number of aryl methyl sites for hydroxylation is 1.